The average Bonchev–Trinajstić information content (AvgIpc) is 2.48. The Labute approximate surface area is 132 Å². The fraction of sp³-hybridized carbons (Fsp3) is 1.00. The van der Waals surface area contributed by atoms with Crippen LogP contribution in [0.5, 0.6) is 0 Å². The van der Waals surface area contributed by atoms with Gasteiger partial charge < -0.3 is 14.7 Å². The lowest BCUT2D eigenvalue weighted by Gasteiger charge is -2.37. The van der Waals surface area contributed by atoms with Gasteiger partial charge in [-0.15, -0.1) is 0 Å². The van der Waals surface area contributed by atoms with Gasteiger partial charge in [-0.2, -0.15) is 0 Å². The van der Waals surface area contributed by atoms with Gasteiger partial charge in [0.15, 0.2) is 0 Å². The third-order valence-electron chi connectivity index (χ3n) is 5.40. The van der Waals surface area contributed by atoms with E-state index in [1.165, 1.54) is 71.7 Å². The van der Waals surface area contributed by atoms with Crippen LogP contribution in [0, 0.1) is 5.92 Å². The molecule has 2 aliphatic rings. The van der Waals surface area contributed by atoms with Gasteiger partial charge in [0.05, 0.1) is 0 Å². The number of piperazine rings is 2. The number of hydrogen-bond donors (Lipinski definition) is 0. The number of rotatable bonds is 6. The maximum atomic E-state index is 2.68. The molecule has 21 heavy (non-hydrogen) atoms. The summed E-state index contributed by atoms with van der Waals surface area (Å²) < 4.78 is 0. The Morgan fingerprint density at radius 1 is 0.714 bits per heavy atom. The van der Waals surface area contributed by atoms with Crippen molar-refractivity contribution in [1.82, 2.24) is 19.6 Å². The second-order valence-corrected chi connectivity index (χ2v) is 7.47. The summed E-state index contributed by atoms with van der Waals surface area (Å²) in [5.41, 5.74) is 0. The predicted molar refractivity (Wildman–Crippen MR) is 90.9 cm³/mol. The molecule has 0 spiro atoms. The Bertz CT molecular complexity index is 281. The van der Waals surface area contributed by atoms with Crippen LogP contribution in [-0.2, 0) is 0 Å². The van der Waals surface area contributed by atoms with Gasteiger partial charge >= 0.3 is 0 Å². The smallest absolute Gasteiger partial charge is 0.0113 e. The first-order valence-corrected chi connectivity index (χ1v) is 8.88. The van der Waals surface area contributed by atoms with Crippen LogP contribution in [-0.4, -0.2) is 98.6 Å². The zero-order valence-electron chi connectivity index (χ0n) is 14.7. The molecule has 2 unspecified atom stereocenters. The molecule has 2 fully saturated rings. The summed E-state index contributed by atoms with van der Waals surface area (Å²) in [6.07, 6.45) is 2.73. The highest BCUT2D eigenvalue weighted by atomic mass is 15.3. The summed E-state index contributed by atoms with van der Waals surface area (Å²) >= 11 is 0. The third-order valence-corrected chi connectivity index (χ3v) is 5.40. The normalized spacial score (nSPS) is 26.9. The molecule has 0 aromatic heterocycles. The lowest BCUT2D eigenvalue weighted by molar-refractivity contribution is 0.105. The molecule has 124 valence electrons. The van der Waals surface area contributed by atoms with Crippen LogP contribution in [0.2, 0.25) is 0 Å². The molecule has 0 aromatic rings. The summed E-state index contributed by atoms with van der Waals surface area (Å²) in [7, 11) is 4.47. The first kappa shape index (κ1) is 17.2. The van der Waals surface area contributed by atoms with Gasteiger partial charge in [0.2, 0.25) is 0 Å². The highest BCUT2D eigenvalue weighted by molar-refractivity contribution is 4.76. The Balaban J connectivity index is 1.60. The SMILES string of the molecule is CC(CCC(C)N1CCN(C)CC1)CN1CCN(C)CC1. The monoisotopic (exact) mass is 296 g/mol. The quantitative estimate of drug-likeness (QED) is 0.732. The number of nitrogens with zero attached hydrogens (tertiary/aromatic N) is 4. The summed E-state index contributed by atoms with van der Waals surface area (Å²) in [4.78, 5) is 10.2. The molecule has 0 bridgehead atoms. The van der Waals surface area contributed by atoms with Crippen molar-refractivity contribution in [3.8, 4) is 0 Å². The van der Waals surface area contributed by atoms with E-state index in [0.29, 0.717) is 0 Å². The van der Waals surface area contributed by atoms with Crippen LogP contribution in [0.1, 0.15) is 26.7 Å². The van der Waals surface area contributed by atoms with Crippen molar-refractivity contribution in [2.75, 3.05) is 73.0 Å². The van der Waals surface area contributed by atoms with E-state index in [1.807, 2.05) is 0 Å². The molecule has 0 aromatic carbocycles. The van der Waals surface area contributed by atoms with E-state index in [-0.39, 0.29) is 0 Å². The van der Waals surface area contributed by atoms with E-state index in [4.69, 9.17) is 0 Å². The standard InChI is InChI=1S/C17H36N4/c1-16(15-20-11-7-18(3)8-12-20)5-6-17(2)21-13-9-19(4)10-14-21/h16-17H,5-15H2,1-4H3. The molecule has 2 heterocycles. The van der Waals surface area contributed by atoms with Crippen molar-refractivity contribution >= 4 is 0 Å². The van der Waals surface area contributed by atoms with Crippen LogP contribution in [0.25, 0.3) is 0 Å². The molecule has 2 aliphatic heterocycles. The van der Waals surface area contributed by atoms with Crippen molar-refractivity contribution in [3.63, 3.8) is 0 Å². The minimum absolute atomic E-state index is 0.758. The van der Waals surface area contributed by atoms with Crippen molar-refractivity contribution in [1.29, 1.82) is 0 Å². The van der Waals surface area contributed by atoms with Crippen LogP contribution in [0.15, 0.2) is 0 Å². The van der Waals surface area contributed by atoms with E-state index in [2.05, 4.69) is 47.5 Å². The lowest BCUT2D eigenvalue weighted by Crippen LogP contribution is -2.48. The fourth-order valence-electron chi connectivity index (χ4n) is 3.53. The first-order chi connectivity index (χ1) is 10.0. The maximum absolute atomic E-state index is 2.68. The molecule has 2 saturated heterocycles. The molecule has 4 heteroatoms. The Morgan fingerprint density at radius 2 is 1.24 bits per heavy atom. The van der Waals surface area contributed by atoms with Gasteiger partial charge in [-0.05, 0) is 39.8 Å². The molecular weight excluding hydrogens is 260 g/mol. The highest BCUT2D eigenvalue weighted by Crippen LogP contribution is 2.15. The van der Waals surface area contributed by atoms with Crippen LogP contribution in [0.3, 0.4) is 0 Å². The summed E-state index contributed by atoms with van der Waals surface area (Å²) in [6, 6.07) is 0.758. The molecule has 0 aliphatic carbocycles. The molecule has 2 atom stereocenters. The van der Waals surface area contributed by atoms with Gasteiger partial charge in [-0.1, -0.05) is 6.92 Å². The minimum atomic E-state index is 0.758. The van der Waals surface area contributed by atoms with E-state index in [0.717, 1.165) is 12.0 Å². The Kier molecular flexibility index (Phi) is 6.93. The van der Waals surface area contributed by atoms with E-state index in [9.17, 15) is 0 Å². The average molecular weight is 297 g/mol. The Hall–Kier alpha value is -0.160. The molecule has 0 N–H and O–H groups in total. The number of likely N-dealkylation sites (N-methyl/N-ethyl adjacent to an activating group) is 2. The van der Waals surface area contributed by atoms with Gasteiger partial charge in [-0.3, -0.25) is 4.90 Å². The van der Waals surface area contributed by atoms with E-state index < -0.39 is 0 Å². The topological polar surface area (TPSA) is 13.0 Å². The molecule has 0 radical (unpaired) electrons. The highest BCUT2D eigenvalue weighted by Gasteiger charge is 2.20. The molecular formula is C17H36N4. The van der Waals surface area contributed by atoms with E-state index in [1.54, 1.807) is 0 Å². The second-order valence-electron chi connectivity index (χ2n) is 7.47. The van der Waals surface area contributed by atoms with Gasteiger partial charge in [0.25, 0.3) is 0 Å². The molecule has 4 nitrogen and oxygen atoms in total. The second kappa shape index (κ2) is 8.47. The lowest BCUT2D eigenvalue weighted by atomic mass is 10.00. The summed E-state index contributed by atoms with van der Waals surface area (Å²) in [5, 5.41) is 0. The van der Waals surface area contributed by atoms with Gasteiger partial charge in [-0.25, -0.2) is 0 Å². The fourth-order valence-corrected chi connectivity index (χ4v) is 3.53. The molecule has 0 saturated carbocycles. The van der Waals surface area contributed by atoms with Crippen LogP contribution >= 0.6 is 0 Å². The van der Waals surface area contributed by atoms with Gasteiger partial charge in [0.1, 0.15) is 0 Å². The van der Waals surface area contributed by atoms with Crippen LogP contribution in [0.4, 0.5) is 0 Å². The number of hydrogen-bond acceptors (Lipinski definition) is 4. The minimum Gasteiger partial charge on any atom is -0.304 e. The molecule has 0 amide bonds. The van der Waals surface area contributed by atoms with Crippen molar-refractivity contribution in [2.24, 2.45) is 5.92 Å². The predicted octanol–water partition coefficient (Wildman–Crippen LogP) is 1.29. The summed E-state index contributed by atoms with van der Waals surface area (Å²) in [6.45, 7) is 16.1. The zero-order chi connectivity index (χ0) is 15.2. The van der Waals surface area contributed by atoms with Crippen molar-refractivity contribution < 1.29 is 0 Å². The van der Waals surface area contributed by atoms with E-state index >= 15 is 0 Å². The summed E-state index contributed by atoms with van der Waals surface area (Å²) in [5.74, 6) is 0.836. The molecule has 2 rings (SSSR count). The van der Waals surface area contributed by atoms with Crippen molar-refractivity contribution in [2.45, 2.75) is 32.7 Å². The van der Waals surface area contributed by atoms with Crippen molar-refractivity contribution in [3.05, 3.63) is 0 Å². The van der Waals surface area contributed by atoms with Crippen LogP contribution < -0.4 is 0 Å². The zero-order valence-corrected chi connectivity index (χ0v) is 14.7. The van der Waals surface area contributed by atoms with Gasteiger partial charge in [0, 0.05) is 64.9 Å². The third kappa shape index (κ3) is 5.85. The first-order valence-electron chi connectivity index (χ1n) is 8.88. The maximum Gasteiger partial charge on any atom is 0.0113 e. The largest absolute Gasteiger partial charge is 0.304 e. The Morgan fingerprint density at radius 3 is 1.81 bits per heavy atom.